The standard InChI is InChI=1S/C22H21ClF3N9O3/c1-10(13-4-11(24)6-28-16(13)23)38-21(37)32-19-15(33-34-35(19)3)18-29-7-12(8-30-18)31-20(36)22(9-27-2)5-14(22)17(25)26/h4,6-8,10,14,17H,2,5,9H2,1,3H3,(H,31,36)(H,32,37)/t10-,14+,22+/m1/s1. The van der Waals surface area contributed by atoms with E-state index in [4.69, 9.17) is 16.3 Å². The van der Waals surface area contributed by atoms with Gasteiger partial charge in [0, 0.05) is 18.5 Å². The number of halogens is 4. The fraction of sp³-hybridized carbons (Fsp3) is 0.364. The number of aryl methyl sites for hydroxylation is 1. The third-order valence-corrected chi connectivity index (χ3v) is 6.32. The quantitative estimate of drug-likeness (QED) is 0.302. The lowest BCUT2D eigenvalue weighted by molar-refractivity contribution is -0.122. The number of nitrogens with one attached hydrogen (secondary N) is 2. The molecule has 200 valence electrons. The summed E-state index contributed by atoms with van der Waals surface area (Å²) in [6.07, 6.45) is -1.07. The molecule has 2 amide bonds. The Bertz CT molecular complexity index is 1370. The summed E-state index contributed by atoms with van der Waals surface area (Å²) in [5, 5.41) is 12.8. The van der Waals surface area contributed by atoms with Gasteiger partial charge in [0.1, 0.15) is 17.1 Å². The molecule has 0 aromatic carbocycles. The van der Waals surface area contributed by atoms with Crippen LogP contribution in [0, 0.1) is 17.2 Å². The maximum atomic E-state index is 13.5. The van der Waals surface area contributed by atoms with E-state index in [9.17, 15) is 22.8 Å². The molecule has 0 saturated heterocycles. The number of rotatable bonds is 9. The van der Waals surface area contributed by atoms with Crippen molar-refractivity contribution in [3.8, 4) is 11.5 Å². The molecule has 4 rings (SSSR count). The SMILES string of the molecule is C=NC[C@@]1(C(=O)Nc2cnc(-c3nnn(C)c3NC(=O)O[C@H](C)c3cc(F)cnc3Cl)nc2)C[C@H]1C(F)F. The average molecular weight is 552 g/mol. The van der Waals surface area contributed by atoms with Crippen LogP contribution in [0.2, 0.25) is 5.15 Å². The van der Waals surface area contributed by atoms with Crippen LogP contribution in [0.3, 0.4) is 0 Å². The van der Waals surface area contributed by atoms with Crippen molar-refractivity contribution >= 4 is 41.8 Å². The van der Waals surface area contributed by atoms with Crippen molar-refractivity contribution in [2.45, 2.75) is 25.9 Å². The molecule has 3 atom stereocenters. The minimum Gasteiger partial charge on any atom is -0.441 e. The largest absolute Gasteiger partial charge is 0.441 e. The highest BCUT2D eigenvalue weighted by atomic mass is 35.5. The van der Waals surface area contributed by atoms with Crippen LogP contribution >= 0.6 is 11.6 Å². The molecular formula is C22H21ClF3N9O3. The Morgan fingerprint density at radius 2 is 2.00 bits per heavy atom. The first-order valence-electron chi connectivity index (χ1n) is 11.1. The van der Waals surface area contributed by atoms with E-state index in [1.165, 1.54) is 31.0 Å². The van der Waals surface area contributed by atoms with Crippen molar-refractivity contribution in [1.82, 2.24) is 29.9 Å². The van der Waals surface area contributed by atoms with E-state index in [1.807, 2.05) is 0 Å². The van der Waals surface area contributed by atoms with E-state index in [-0.39, 0.29) is 46.7 Å². The van der Waals surface area contributed by atoms with E-state index in [1.54, 1.807) is 0 Å². The summed E-state index contributed by atoms with van der Waals surface area (Å²) in [5.74, 6) is -2.25. The molecule has 1 saturated carbocycles. The van der Waals surface area contributed by atoms with Gasteiger partial charge in [-0.1, -0.05) is 16.8 Å². The number of hydrogen-bond donors (Lipinski definition) is 2. The van der Waals surface area contributed by atoms with Gasteiger partial charge >= 0.3 is 6.09 Å². The summed E-state index contributed by atoms with van der Waals surface area (Å²) >= 11 is 5.96. The third-order valence-electron chi connectivity index (χ3n) is 6.01. The van der Waals surface area contributed by atoms with Gasteiger partial charge in [0.05, 0.1) is 36.2 Å². The van der Waals surface area contributed by atoms with Crippen LogP contribution in [0.1, 0.15) is 25.0 Å². The van der Waals surface area contributed by atoms with E-state index < -0.39 is 41.7 Å². The van der Waals surface area contributed by atoms with Crippen molar-refractivity contribution in [3.05, 3.63) is 41.2 Å². The van der Waals surface area contributed by atoms with Gasteiger partial charge in [-0.25, -0.2) is 37.6 Å². The normalized spacial score (nSPS) is 19.1. The van der Waals surface area contributed by atoms with Gasteiger partial charge < -0.3 is 10.1 Å². The molecule has 2 N–H and O–H groups in total. The number of amides is 2. The van der Waals surface area contributed by atoms with Crippen LogP contribution in [0.5, 0.6) is 0 Å². The van der Waals surface area contributed by atoms with Gasteiger partial charge in [-0.05, 0) is 26.1 Å². The average Bonchev–Trinajstić information content (AvgIpc) is 3.51. The number of aliphatic imine (C=N–C) groups is 1. The van der Waals surface area contributed by atoms with Crippen molar-refractivity contribution in [2.24, 2.45) is 23.4 Å². The molecular weight excluding hydrogens is 531 g/mol. The van der Waals surface area contributed by atoms with E-state index in [0.717, 1.165) is 12.3 Å². The molecule has 0 bridgehead atoms. The minimum atomic E-state index is -2.65. The fourth-order valence-electron chi connectivity index (χ4n) is 3.87. The van der Waals surface area contributed by atoms with Crippen molar-refractivity contribution < 1.29 is 27.5 Å². The summed E-state index contributed by atoms with van der Waals surface area (Å²) in [7, 11) is 1.50. The molecule has 3 heterocycles. The van der Waals surface area contributed by atoms with Gasteiger partial charge in [0.25, 0.3) is 0 Å². The van der Waals surface area contributed by atoms with Gasteiger partial charge in [0.2, 0.25) is 12.3 Å². The number of nitrogens with zero attached hydrogens (tertiary/aromatic N) is 7. The highest BCUT2D eigenvalue weighted by Gasteiger charge is 2.63. The maximum Gasteiger partial charge on any atom is 0.413 e. The molecule has 0 unspecified atom stereocenters. The number of aromatic nitrogens is 6. The summed E-state index contributed by atoms with van der Waals surface area (Å²) in [6.45, 7) is 4.67. The lowest BCUT2D eigenvalue weighted by Gasteiger charge is -2.15. The molecule has 3 aromatic rings. The van der Waals surface area contributed by atoms with Gasteiger partial charge in [0.15, 0.2) is 17.3 Å². The molecule has 0 aliphatic heterocycles. The number of carbonyl (C=O) groups is 2. The smallest absolute Gasteiger partial charge is 0.413 e. The highest BCUT2D eigenvalue weighted by Crippen LogP contribution is 2.56. The van der Waals surface area contributed by atoms with E-state index in [2.05, 4.69) is 47.6 Å². The number of pyridine rings is 1. The zero-order valence-corrected chi connectivity index (χ0v) is 20.8. The molecule has 1 aliphatic rings. The summed E-state index contributed by atoms with van der Waals surface area (Å²) in [5.41, 5.74) is -0.912. The Morgan fingerprint density at radius 3 is 2.63 bits per heavy atom. The number of ether oxygens (including phenoxy) is 1. The molecule has 1 aliphatic carbocycles. The summed E-state index contributed by atoms with van der Waals surface area (Å²) < 4.78 is 46.3. The van der Waals surface area contributed by atoms with Gasteiger partial charge in [-0.3, -0.25) is 15.1 Å². The Kier molecular flexibility index (Phi) is 7.57. The number of anilines is 2. The zero-order valence-electron chi connectivity index (χ0n) is 20.0. The van der Waals surface area contributed by atoms with Crippen LogP contribution in [0.25, 0.3) is 11.5 Å². The second kappa shape index (κ2) is 10.7. The summed E-state index contributed by atoms with van der Waals surface area (Å²) in [4.78, 5) is 40.8. The lowest BCUT2D eigenvalue weighted by Crippen LogP contribution is -2.30. The minimum absolute atomic E-state index is 0.000256. The second-order valence-electron chi connectivity index (χ2n) is 8.55. The predicted octanol–water partition coefficient (Wildman–Crippen LogP) is 3.68. The van der Waals surface area contributed by atoms with E-state index in [0.29, 0.717) is 0 Å². The Balaban J connectivity index is 1.45. The van der Waals surface area contributed by atoms with Gasteiger partial charge in [-0.15, -0.1) is 5.10 Å². The second-order valence-corrected chi connectivity index (χ2v) is 8.91. The molecule has 0 radical (unpaired) electrons. The summed E-state index contributed by atoms with van der Waals surface area (Å²) in [6, 6.07) is 1.10. The van der Waals surface area contributed by atoms with Crippen molar-refractivity contribution in [3.63, 3.8) is 0 Å². The van der Waals surface area contributed by atoms with Gasteiger partial charge in [-0.2, -0.15) is 0 Å². The predicted molar refractivity (Wildman–Crippen MR) is 129 cm³/mol. The molecule has 1 fully saturated rings. The monoisotopic (exact) mass is 551 g/mol. The first-order valence-corrected chi connectivity index (χ1v) is 11.5. The van der Waals surface area contributed by atoms with Crippen LogP contribution in [-0.2, 0) is 16.6 Å². The highest BCUT2D eigenvalue weighted by molar-refractivity contribution is 6.30. The van der Waals surface area contributed by atoms with Crippen molar-refractivity contribution in [1.29, 1.82) is 0 Å². The molecule has 38 heavy (non-hydrogen) atoms. The molecule has 0 spiro atoms. The topological polar surface area (TPSA) is 149 Å². The van der Waals surface area contributed by atoms with Crippen LogP contribution in [-0.4, -0.2) is 61.6 Å². The fourth-order valence-corrected chi connectivity index (χ4v) is 4.13. The van der Waals surface area contributed by atoms with E-state index >= 15 is 0 Å². The van der Waals surface area contributed by atoms with Crippen molar-refractivity contribution in [2.75, 3.05) is 17.2 Å². The van der Waals surface area contributed by atoms with Crippen LogP contribution in [0.15, 0.2) is 29.6 Å². The first-order chi connectivity index (χ1) is 18.1. The molecule has 12 nitrogen and oxygen atoms in total. The zero-order chi connectivity index (χ0) is 27.6. The van der Waals surface area contributed by atoms with Crippen LogP contribution < -0.4 is 10.6 Å². The number of hydrogen-bond acceptors (Lipinski definition) is 9. The first kappa shape index (κ1) is 26.9. The Morgan fingerprint density at radius 1 is 1.29 bits per heavy atom. The number of alkyl halides is 2. The maximum absolute atomic E-state index is 13.5. The molecule has 16 heteroatoms. The number of carbonyl (C=O) groups excluding carboxylic acids is 2. The lowest BCUT2D eigenvalue weighted by atomic mass is 10.0. The van der Waals surface area contributed by atoms with Crippen LogP contribution in [0.4, 0.5) is 29.5 Å². The Hall–Kier alpha value is -4.14. The Labute approximate surface area is 218 Å². The molecule has 3 aromatic heterocycles. The third kappa shape index (κ3) is 5.41.